The third-order valence-electron chi connectivity index (χ3n) is 1.35. The van der Waals surface area contributed by atoms with E-state index in [4.69, 9.17) is 0 Å². The highest BCUT2D eigenvalue weighted by molar-refractivity contribution is 5.90. The molecule has 0 N–H and O–H groups in total. The number of allylic oxidation sites excluding steroid dienone is 1. The largest absolute Gasteiger partial charge is 0.463 e. The Labute approximate surface area is 62.8 Å². The molecule has 0 atom stereocenters. The van der Waals surface area contributed by atoms with Crippen molar-refractivity contribution in [1.82, 2.24) is 0 Å². The van der Waals surface area contributed by atoms with Crippen molar-refractivity contribution in [2.45, 2.75) is 19.3 Å². The zero-order chi connectivity index (χ0) is 8.48. The maximum atomic E-state index is 12.1. The van der Waals surface area contributed by atoms with Crippen molar-refractivity contribution in [2.75, 3.05) is 6.61 Å². The smallest absolute Gasteiger partial charge is 0.334 e. The second kappa shape index (κ2) is 2.60. The maximum Gasteiger partial charge on any atom is 0.334 e. The zero-order valence-corrected chi connectivity index (χ0v) is 6.06. The summed E-state index contributed by atoms with van der Waals surface area (Å²) in [6.07, 6.45) is 0.164. The van der Waals surface area contributed by atoms with Crippen molar-refractivity contribution >= 4 is 5.97 Å². The van der Waals surface area contributed by atoms with Gasteiger partial charge in [-0.1, -0.05) is 0 Å². The Morgan fingerprint density at radius 2 is 2.36 bits per heavy atom. The summed E-state index contributed by atoms with van der Waals surface area (Å²) < 4.78 is 28.7. The van der Waals surface area contributed by atoms with E-state index in [-0.39, 0.29) is 12.2 Å². The summed E-state index contributed by atoms with van der Waals surface area (Å²) >= 11 is 0. The van der Waals surface area contributed by atoms with Gasteiger partial charge in [-0.3, -0.25) is 0 Å². The van der Waals surface area contributed by atoms with Crippen LogP contribution >= 0.6 is 0 Å². The van der Waals surface area contributed by atoms with E-state index in [2.05, 4.69) is 4.74 Å². The lowest BCUT2D eigenvalue weighted by molar-refractivity contribution is -0.140. The molecule has 0 fully saturated rings. The quantitative estimate of drug-likeness (QED) is 0.575. The van der Waals surface area contributed by atoms with Crippen LogP contribution in [0.4, 0.5) is 8.78 Å². The van der Waals surface area contributed by atoms with Crippen molar-refractivity contribution in [1.29, 1.82) is 0 Å². The van der Waals surface area contributed by atoms with Crippen molar-refractivity contribution in [3.63, 3.8) is 0 Å². The SMILES string of the molecule is CCOC(=O)C1=CC(F)(F)C1. The molecule has 0 bridgehead atoms. The van der Waals surface area contributed by atoms with E-state index in [0.717, 1.165) is 0 Å². The summed E-state index contributed by atoms with van der Waals surface area (Å²) in [5, 5.41) is 0. The Balaban J connectivity index is 2.48. The number of esters is 1. The van der Waals surface area contributed by atoms with Gasteiger partial charge in [0.25, 0.3) is 5.92 Å². The van der Waals surface area contributed by atoms with Crippen LogP contribution in [0.25, 0.3) is 0 Å². The van der Waals surface area contributed by atoms with E-state index >= 15 is 0 Å². The van der Waals surface area contributed by atoms with Crippen LogP contribution in [0.2, 0.25) is 0 Å². The van der Waals surface area contributed by atoms with Gasteiger partial charge in [-0.05, 0) is 13.0 Å². The van der Waals surface area contributed by atoms with Crippen LogP contribution in [0.3, 0.4) is 0 Å². The van der Waals surface area contributed by atoms with Crippen LogP contribution in [0.5, 0.6) is 0 Å². The van der Waals surface area contributed by atoms with Crippen LogP contribution in [-0.4, -0.2) is 18.5 Å². The summed E-state index contributed by atoms with van der Waals surface area (Å²) in [5.41, 5.74) is 0.0804. The molecule has 1 rings (SSSR count). The number of alkyl halides is 2. The van der Waals surface area contributed by atoms with Gasteiger partial charge in [0, 0.05) is 12.0 Å². The highest BCUT2D eigenvalue weighted by Crippen LogP contribution is 2.35. The van der Waals surface area contributed by atoms with E-state index in [1.54, 1.807) is 6.92 Å². The van der Waals surface area contributed by atoms with E-state index in [1.165, 1.54) is 0 Å². The molecule has 1 aliphatic carbocycles. The number of hydrogen-bond acceptors (Lipinski definition) is 2. The van der Waals surface area contributed by atoms with E-state index in [9.17, 15) is 13.6 Å². The molecule has 0 aliphatic heterocycles. The first kappa shape index (κ1) is 8.17. The first-order chi connectivity index (χ1) is 5.05. The lowest BCUT2D eigenvalue weighted by Gasteiger charge is -2.22. The summed E-state index contributed by atoms with van der Waals surface area (Å²) in [6.45, 7) is 1.86. The summed E-state index contributed by atoms with van der Waals surface area (Å²) in [7, 11) is 0. The minimum Gasteiger partial charge on any atom is -0.463 e. The van der Waals surface area contributed by atoms with Crippen molar-refractivity contribution in [2.24, 2.45) is 0 Å². The number of ether oxygens (including phenoxy) is 1. The predicted molar refractivity (Wildman–Crippen MR) is 34.3 cm³/mol. The molecule has 0 aromatic rings. The number of carbonyl (C=O) groups excluding carboxylic acids is 1. The Hall–Kier alpha value is -0.930. The van der Waals surface area contributed by atoms with E-state index in [0.29, 0.717) is 6.08 Å². The monoisotopic (exact) mass is 162 g/mol. The maximum absolute atomic E-state index is 12.1. The molecule has 1 aliphatic rings. The second-order valence-corrected chi connectivity index (χ2v) is 2.33. The van der Waals surface area contributed by atoms with Crippen LogP contribution in [0, 0.1) is 0 Å². The molecule has 0 aromatic carbocycles. The van der Waals surface area contributed by atoms with Gasteiger partial charge < -0.3 is 4.74 Å². The summed E-state index contributed by atoms with van der Waals surface area (Å²) in [5.74, 6) is -3.42. The van der Waals surface area contributed by atoms with Crippen molar-refractivity contribution in [3.8, 4) is 0 Å². The molecule has 2 nitrogen and oxygen atoms in total. The minimum atomic E-state index is -2.79. The second-order valence-electron chi connectivity index (χ2n) is 2.33. The van der Waals surface area contributed by atoms with Gasteiger partial charge in [-0.25, -0.2) is 13.6 Å². The highest BCUT2D eigenvalue weighted by Gasteiger charge is 2.40. The fourth-order valence-electron chi connectivity index (χ4n) is 0.835. The highest BCUT2D eigenvalue weighted by atomic mass is 19.3. The number of halogens is 2. The van der Waals surface area contributed by atoms with Gasteiger partial charge in [0.2, 0.25) is 0 Å². The Morgan fingerprint density at radius 3 is 2.73 bits per heavy atom. The van der Waals surface area contributed by atoms with Gasteiger partial charge in [0.15, 0.2) is 0 Å². The van der Waals surface area contributed by atoms with Gasteiger partial charge in [-0.2, -0.15) is 0 Å². The van der Waals surface area contributed by atoms with Gasteiger partial charge >= 0.3 is 5.97 Å². The fourth-order valence-corrected chi connectivity index (χ4v) is 0.835. The Morgan fingerprint density at radius 1 is 1.82 bits per heavy atom. The zero-order valence-electron chi connectivity index (χ0n) is 6.06. The molecule has 0 spiro atoms. The molecular formula is C7H8F2O2. The van der Waals surface area contributed by atoms with E-state index in [1.807, 2.05) is 0 Å². The lowest BCUT2D eigenvalue weighted by atomic mass is 9.95. The standard InChI is InChI=1S/C7H8F2O2/c1-2-11-6(10)5-3-7(8,9)4-5/h3H,2,4H2,1H3. The van der Waals surface area contributed by atoms with Crippen LogP contribution in [-0.2, 0) is 9.53 Å². The topological polar surface area (TPSA) is 26.3 Å². The molecule has 0 unspecified atom stereocenters. The fraction of sp³-hybridized carbons (Fsp3) is 0.571. The first-order valence-electron chi connectivity index (χ1n) is 3.32. The summed E-state index contributed by atoms with van der Waals surface area (Å²) in [6, 6.07) is 0. The molecule has 0 saturated heterocycles. The number of carbonyl (C=O) groups is 1. The Kier molecular flexibility index (Phi) is 1.93. The van der Waals surface area contributed by atoms with Crippen LogP contribution in [0.15, 0.2) is 11.6 Å². The molecule has 11 heavy (non-hydrogen) atoms. The van der Waals surface area contributed by atoms with Gasteiger partial charge in [0.05, 0.1) is 6.61 Å². The van der Waals surface area contributed by atoms with Crippen LogP contribution < -0.4 is 0 Å². The molecule has 0 saturated carbocycles. The third-order valence-corrected chi connectivity index (χ3v) is 1.35. The van der Waals surface area contributed by atoms with Gasteiger partial charge in [-0.15, -0.1) is 0 Å². The summed E-state index contributed by atoms with van der Waals surface area (Å²) in [4.78, 5) is 10.7. The average molecular weight is 162 g/mol. The molecule has 0 radical (unpaired) electrons. The van der Waals surface area contributed by atoms with Crippen LogP contribution in [0.1, 0.15) is 13.3 Å². The predicted octanol–water partition coefficient (Wildman–Crippen LogP) is 1.51. The first-order valence-corrected chi connectivity index (χ1v) is 3.32. The molecule has 0 heterocycles. The van der Waals surface area contributed by atoms with Gasteiger partial charge in [0.1, 0.15) is 0 Å². The normalized spacial score (nSPS) is 20.1. The minimum absolute atomic E-state index is 0.0804. The number of rotatable bonds is 2. The molecule has 4 heteroatoms. The van der Waals surface area contributed by atoms with E-state index < -0.39 is 18.3 Å². The van der Waals surface area contributed by atoms with Crippen molar-refractivity contribution in [3.05, 3.63) is 11.6 Å². The average Bonchev–Trinajstić information content (AvgIpc) is 1.83. The molecular weight excluding hydrogens is 154 g/mol. The Bertz CT molecular complexity index is 208. The van der Waals surface area contributed by atoms with Crippen molar-refractivity contribution < 1.29 is 18.3 Å². The molecule has 62 valence electrons. The molecule has 0 aromatic heterocycles. The third kappa shape index (κ3) is 1.76. The molecule has 0 amide bonds. The lowest BCUT2D eigenvalue weighted by Crippen LogP contribution is -2.28. The number of hydrogen-bond donors (Lipinski definition) is 0.